The Labute approximate surface area is 158 Å². The summed E-state index contributed by atoms with van der Waals surface area (Å²) in [4.78, 5) is 14.8. The molecule has 4 rings (SSSR count). The second-order valence-electron chi connectivity index (χ2n) is 5.72. The minimum absolute atomic E-state index is 0.269. The minimum Gasteiger partial charge on any atom is -0.444 e. The zero-order valence-electron chi connectivity index (χ0n) is 14.3. The Balaban J connectivity index is 1.76. The number of ether oxygens (including phenoxy) is 1. The van der Waals surface area contributed by atoms with Crippen LogP contribution in [0, 0.1) is 10.1 Å². The second kappa shape index (κ2) is 7.23. The third-order valence-corrected chi connectivity index (χ3v) is 4.86. The van der Waals surface area contributed by atoms with Gasteiger partial charge < -0.3 is 14.5 Å². The normalized spacial score (nSPS) is 15.1. The first-order valence-corrected chi connectivity index (χ1v) is 9.28. The highest BCUT2D eigenvalue weighted by Gasteiger charge is 2.29. The lowest BCUT2D eigenvalue weighted by Crippen LogP contribution is -2.16. The zero-order chi connectivity index (χ0) is 18.8. The number of furan rings is 1. The molecule has 0 aliphatic carbocycles. The fourth-order valence-corrected chi connectivity index (χ4v) is 3.24. The molecule has 2 aromatic heterocycles. The number of benzene rings is 1. The van der Waals surface area contributed by atoms with E-state index >= 15 is 0 Å². The maximum atomic E-state index is 10.9. The van der Waals surface area contributed by atoms with Crippen molar-refractivity contribution in [2.45, 2.75) is 24.7 Å². The lowest BCUT2D eigenvalue weighted by atomic mass is 10.1. The number of rotatable bonds is 5. The molecule has 9 nitrogen and oxygen atoms in total. The molecule has 10 heteroatoms. The molecule has 0 bridgehead atoms. The number of thioether (sulfide) groups is 1. The second-order valence-corrected chi connectivity index (χ2v) is 6.78. The highest BCUT2D eigenvalue weighted by atomic mass is 32.2. The summed E-state index contributed by atoms with van der Waals surface area (Å²) in [6.07, 6.45) is 0.191. The van der Waals surface area contributed by atoms with E-state index in [1.165, 1.54) is 23.9 Å². The number of anilines is 1. The molecular formula is C17H15N5O4S. The van der Waals surface area contributed by atoms with Gasteiger partial charge in [-0.05, 0) is 18.6 Å². The number of hydrogen-bond donors (Lipinski definition) is 1. The summed E-state index contributed by atoms with van der Waals surface area (Å²) < 4.78 is 11.3. The van der Waals surface area contributed by atoms with Crippen molar-refractivity contribution in [2.24, 2.45) is 0 Å². The Morgan fingerprint density at radius 1 is 1.26 bits per heavy atom. The smallest absolute Gasteiger partial charge is 0.433 e. The predicted octanol–water partition coefficient (Wildman–Crippen LogP) is 4.05. The van der Waals surface area contributed by atoms with Gasteiger partial charge in [0.05, 0.1) is 6.07 Å². The molecule has 3 aromatic rings. The molecule has 1 unspecified atom stereocenters. The molecule has 3 heterocycles. The van der Waals surface area contributed by atoms with Gasteiger partial charge in [0.25, 0.3) is 0 Å². The summed E-state index contributed by atoms with van der Waals surface area (Å²) >= 11 is 1.49. The van der Waals surface area contributed by atoms with Crippen molar-refractivity contribution in [3.8, 4) is 17.1 Å². The molecule has 0 fully saturated rings. The topological polar surface area (TPSA) is 116 Å². The Hall–Kier alpha value is -3.14. The average molecular weight is 385 g/mol. The van der Waals surface area contributed by atoms with Gasteiger partial charge in [-0.25, -0.2) is 0 Å². The first-order valence-electron chi connectivity index (χ1n) is 8.30. The van der Waals surface area contributed by atoms with Crippen molar-refractivity contribution >= 4 is 23.3 Å². The molecular weight excluding hydrogens is 370 g/mol. The molecule has 0 saturated heterocycles. The van der Waals surface area contributed by atoms with Gasteiger partial charge >= 0.3 is 5.88 Å². The number of nitrogens with zero attached hydrogens (tertiary/aromatic N) is 4. The quantitative estimate of drug-likeness (QED) is 0.394. The third kappa shape index (κ3) is 3.43. The maximum Gasteiger partial charge on any atom is 0.433 e. The molecule has 1 atom stereocenters. The van der Waals surface area contributed by atoms with Crippen LogP contribution in [0.25, 0.3) is 11.3 Å². The van der Waals surface area contributed by atoms with Crippen LogP contribution in [0.1, 0.15) is 25.3 Å². The van der Waals surface area contributed by atoms with Crippen LogP contribution in [0.15, 0.2) is 46.0 Å². The molecule has 0 saturated carbocycles. The maximum absolute atomic E-state index is 10.9. The molecule has 0 radical (unpaired) electrons. The summed E-state index contributed by atoms with van der Waals surface area (Å²) in [5.41, 5.74) is 2.02. The van der Waals surface area contributed by atoms with Crippen LogP contribution in [-0.4, -0.2) is 25.9 Å². The van der Waals surface area contributed by atoms with Gasteiger partial charge in [-0.1, -0.05) is 36.9 Å². The van der Waals surface area contributed by atoms with Gasteiger partial charge in [-0.15, -0.1) is 10.2 Å². The van der Waals surface area contributed by atoms with Crippen molar-refractivity contribution in [3.63, 3.8) is 0 Å². The van der Waals surface area contributed by atoms with Gasteiger partial charge in [-0.2, -0.15) is 4.98 Å². The van der Waals surface area contributed by atoms with Crippen LogP contribution in [0.5, 0.6) is 5.88 Å². The number of nitro groups is 1. The average Bonchev–Trinajstić information content (AvgIpc) is 3.11. The SMILES string of the molecule is CCCSc1nnc2c(n1)OC(c1ccc([N+](=O)[O-])o1)Nc1ccccc1-2. The molecule has 1 aromatic carbocycles. The van der Waals surface area contributed by atoms with E-state index in [9.17, 15) is 10.1 Å². The monoisotopic (exact) mass is 385 g/mol. The summed E-state index contributed by atoms with van der Waals surface area (Å²) in [7, 11) is 0. The van der Waals surface area contributed by atoms with E-state index in [0.717, 1.165) is 23.4 Å². The Kier molecular flexibility index (Phi) is 4.63. The van der Waals surface area contributed by atoms with Crippen LogP contribution >= 0.6 is 11.8 Å². The number of hydrogen-bond acceptors (Lipinski definition) is 9. The van der Waals surface area contributed by atoms with Crippen LogP contribution < -0.4 is 10.1 Å². The van der Waals surface area contributed by atoms with Crippen LogP contribution in [-0.2, 0) is 0 Å². The Morgan fingerprint density at radius 2 is 2.11 bits per heavy atom. The van der Waals surface area contributed by atoms with Gasteiger partial charge in [-0.3, -0.25) is 10.1 Å². The van der Waals surface area contributed by atoms with Crippen LogP contribution in [0.3, 0.4) is 0 Å². The van der Waals surface area contributed by atoms with Crippen molar-refractivity contribution in [1.82, 2.24) is 15.2 Å². The summed E-state index contributed by atoms with van der Waals surface area (Å²) in [6.45, 7) is 2.07. The van der Waals surface area contributed by atoms with Crippen molar-refractivity contribution in [3.05, 3.63) is 52.3 Å². The fraction of sp³-hybridized carbons (Fsp3) is 0.235. The van der Waals surface area contributed by atoms with E-state index in [-0.39, 0.29) is 11.6 Å². The fourth-order valence-electron chi connectivity index (χ4n) is 2.61. The van der Waals surface area contributed by atoms with Gasteiger partial charge in [0.2, 0.25) is 17.3 Å². The van der Waals surface area contributed by atoms with Crippen LogP contribution in [0.4, 0.5) is 11.6 Å². The highest BCUT2D eigenvalue weighted by molar-refractivity contribution is 7.99. The van der Waals surface area contributed by atoms with E-state index in [1.807, 2.05) is 24.3 Å². The van der Waals surface area contributed by atoms with E-state index in [2.05, 4.69) is 27.4 Å². The zero-order valence-corrected chi connectivity index (χ0v) is 15.1. The number of fused-ring (bicyclic) bond motifs is 3. The molecule has 27 heavy (non-hydrogen) atoms. The summed E-state index contributed by atoms with van der Waals surface area (Å²) in [6, 6.07) is 10.3. The standard InChI is InChI=1S/C17H15N5O4S/c1-2-9-27-17-19-16-14(20-21-17)10-5-3-4-6-11(10)18-15(26-16)12-7-8-13(25-12)22(23)24/h3-8,15,18H,2,9H2,1H3. The van der Waals surface area contributed by atoms with Gasteiger partial charge in [0.1, 0.15) is 4.92 Å². The Morgan fingerprint density at radius 3 is 2.89 bits per heavy atom. The lowest BCUT2D eigenvalue weighted by Gasteiger charge is -2.16. The highest BCUT2D eigenvalue weighted by Crippen LogP contribution is 2.40. The summed E-state index contributed by atoms with van der Waals surface area (Å²) in [5.74, 6) is 1.08. The van der Waals surface area contributed by atoms with Crippen molar-refractivity contribution in [1.29, 1.82) is 0 Å². The van der Waals surface area contributed by atoms with Gasteiger partial charge in [0.15, 0.2) is 11.5 Å². The van der Waals surface area contributed by atoms with Gasteiger partial charge in [0, 0.05) is 17.0 Å². The van der Waals surface area contributed by atoms with E-state index in [4.69, 9.17) is 9.15 Å². The molecule has 1 N–H and O–H groups in total. The molecule has 0 spiro atoms. The number of aromatic nitrogens is 3. The number of para-hydroxylation sites is 1. The summed E-state index contributed by atoms with van der Waals surface area (Å²) in [5, 5.41) is 23.1. The first kappa shape index (κ1) is 17.3. The molecule has 1 aliphatic heterocycles. The third-order valence-electron chi connectivity index (χ3n) is 3.82. The molecule has 1 aliphatic rings. The Bertz CT molecular complexity index is 993. The van der Waals surface area contributed by atoms with Crippen molar-refractivity contribution in [2.75, 3.05) is 11.1 Å². The van der Waals surface area contributed by atoms with E-state index < -0.39 is 11.2 Å². The van der Waals surface area contributed by atoms with E-state index in [1.54, 1.807) is 0 Å². The molecule has 138 valence electrons. The first-order chi connectivity index (χ1) is 13.2. The van der Waals surface area contributed by atoms with Crippen molar-refractivity contribution < 1.29 is 14.1 Å². The lowest BCUT2D eigenvalue weighted by molar-refractivity contribution is -0.402. The van der Waals surface area contributed by atoms with Crippen LogP contribution in [0.2, 0.25) is 0 Å². The van der Waals surface area contributed by atoms with E-state index in [0.29, 0.717) is 16.7 Å². The largest absolute Gasteiger partial charge is 0.444 e. The molecule has 0 amide bonds. The number of nitrogens with one attached hydrogen (secondary N) is 1. The predicted molar refractivity (Wildman–Crippen MR) is 98.6 cm³/mol. The minimum atomic E-state index is -0.790.